The van der Waals surface area contributed by atoms with Crippen molar-refractivity contribution in [3.63, 3.8) is 0 Å². The highest BCUT2D eigenvalue weighted by Gasteiger charge is 2.34. The smallest absolute Gasteiger partial charge is 0.267 e. The summed E-state index contributed by atoms with van der Waals surface area (Å²) in [6.45, 7) is 9.17. The molecule has 1 aromatic carbocycles. The molecular formula is C18H27NO4. The standard InChI is InChI=1S/C18H27NO4/c1-5-8-22-16-10-14(11-20)9-15-17(16)23-13(4)18(21)19(15)7-6-12(2)3/h9-10,12-13,20H,5-8,11H2,1-4H3. The van der Waals surface area contributed by atoms with Crippen molar-refractivity contribution in [2.75, 3.05) is 18.1 Å². The van der Waals surface area contributed by atoms with Gasteiger partial charge in [-0.25, -0.2) is 0 Å². The van der Waals surface area contributed by atoms with Crippen LogP contribution in [-0.2, 0) is 11.4 Å². The third-order valence-corrected chi connectivity index (χ3v) is 3.87. The Balaban J connectivity index is 2.43. The van der Waals surface area contributed by atoms with Gasteiger partial charge in [-0.15, -0.1) is 0 Å². The third kappa shape index (κ3) is 3.96. The van der Waals surface area contributed by atoms with Gasteiger partial charge in [0.2, 0.25) is 0 Å². The van der Waals surface area contributed by atoms with Crippen molar-refractivity contribution in [2.24, 2.45) is 5.92 Å². The van der Waals surface area contributed by atoms with E-state index in [0.717, 1.165) is 18.4 Å². The quantitative estimate of drug-likeness (QED) is 0.838. The maximum atomic E-state index is 12.5. The first-order valence-corrected chi connectivity index (χ1v) is 8.36. The monoisotopic (exact) mass is 321 g/mol. The molecule has 1 N–H and O–H groups in total. The summed E-state index contributed by atoms with van der Waals surface area (Å²) in [5.74, 6) is 1.66. The summed E-state index contributed by atoms with van der Waals surface area (Å²) in [4.78, 5) is 14.3. The third-order valence-electron chi connectivity index (χ3n) is 3.87. The zero-order valence-corrected chi connectivity index (χ0v) is 14.5. The number of anilines is 1. The van der Waals surface area contributed by atoms with Gasteiger partial charge in [-0.2, -0.15) is 0 Å². The van der Waals surface area contributed by atoms with E-state index in [9.17, 15) is 9.90 Å². The lowest BCUT2D eigenvalue weighted by Crippen LogP contribution is -2.45. The van der Waals surface area contributed by atoms with Crippen molar-refractivity contribution in [3.8, 4) is 11.5 Å². The van der Waals surface area contributed by atoms with Crippen molar-refractivity contribution in [1.82, 2.24) is 0 Å². The number of benzene rings is 1. The maximum Gasteiger partial charge on any atom is 0.267 e. The fourth-order valence-corrected chi connectivity index (χ4v) is 2.56. The van der Waals surface area contributed by atoms with Crippen molar-refractivity contribution < 1.29 is 19.4 Å². The molecule has 1 heterocycles. The normalized spacial score (nSPS) is 17.2. The Kier molecular flexibility index (Phi) is 5.88. The topological polar surface area (TPSA) is 59.0 Å². The van der Waals surface area contributed by atoms with Gasteiger partial charge in [-0.1, -0.05) is 20.8 Å². The Morgan fingerprint density at radius 3 is 2.74 bits per heavy atom. The molecular weight excluding hydrogens is 294 g/mol. The highest BCUT2D eigenvalue weighted by Crippen LogP contribution is 2.43. The Labute approximate surface area is 138 Å². The van der Waals surface area contributed by atoms with Crippen LogP contribution >= 0.6 is 0 Å². The van der Waals surface area contributed by atoms with E-state index in [-0.39, 0.29) is 12.5 Å². The molecule has 0 saturated carbocycles. The zero-order valence-electron chi connectivity index (χ0n) is 14.5. The van der Waals surface area contributed by atoms with Gasteiger partial charge in [0.05, 0.1) is 18.9 Å². The van der Waals surface area contributed by atoms with E-state index in [1.807, 2.05) is 13.0 Å². The molecule has 1 amide bonds. The second-order valence-corrected chi connectivity index (χ2v) is 6.38. The number of hydrogen-bond acceptors (Lipinski definition) is 4. The molecule has 5 heteroatoms. The van der Waals surface area contributed by atoms with E-state index >= 15 is 0 Å². The number of rotatable bonds is 7. The van der Waals surface area contributed by atoms with Crippen molar-refractivity contribution >= 4 is 11.6 Å². The minimum atomic E-state index is -0.529. The molecule has 1 atom stereocenters. The van der Waals surface area contributed by atoms with Gasteiger partial charge in [0.1, 0.15) is 0 Å². The number of carbonyl (C=O) groups excluding carboxylic acids is 1. The van der Waals surface area contributed by atoms with Gasteiger partial charge >= 0.3 is 0 Å². The molecule has 23 heavy (non-hydrogen) atoms. The molecule has 128 valence electrons. The van der Waals surface area contributed by atoms with E-state index < -0.39 is 6.10 Å². The molecule has 0 aromatic heterocycles. The van der Waals surface area contributed by atoms with Crippen LogP contribution in [0.2, 0.25) is 0 Å². The Morgan fingerprint density at radius 2 is 2.13 bits per heavy atom. The largest absolute Gasteiger partial charge is 0.490 e. The lowest BCUT2D eigenvalue weighted by atomic mass is 10.1. The molecule has 0 aliphatic carbocycles. The second kappa shape index (κ2) is 7.68. The van der Waals surface area contributed by atoms with E-state index in [2.05, 4.69) is 13.8 Å². The first-order chi connectivity index (χ1) is 11.0. The molecule has 0 spiro atoms. The van der Waals surface area contributed by atoms with Crippen molar-refractivity contribution in [2.45, 2.75) is 53.2 Å². The van der Waals surface area contributed by atoms with Gasteiger partial charge < -0.3 is 19.5 Å². The number of amides is 1. The predicted octanol–water partition coefficient (Wildman–Crippen LogP) is 3.13. The molecule has 1 aliphatic heterocycles. The number of hydrogen-bond donors (Lipinski definition) is 1. The minimum absolute atomic E-state index is 0.0466. The van der Waals surface area contributed by atoms with Gasteiger partial charge in [0.25, 0.3) is 5.91 Å². The van der Waals surface area contributed by atoms with E-state index in [1.165, 1.54) is 0 Å². The van der Waals surface area contributed by atoms with Crippen LogP contribution in [0.15, 0.2) is 12.1 Å². The molecule has 1 unspecified atom stereocenters. The minimum Gasteiger partial charge on any atom is -0.490 e. The summed E-state index contributed by atoms with van der Waals surface area (Å²) in [7, 11) is 0. The molecule has 5 nitrogen and oxygen atoms in total. The number of nitrogens with zero attached hydrogens (tertiary/aromatic N) is 1. The zero-order chi connectivity index (χ0) is 17.0. The van der Waals surface area contributed by atoms with Crippen LogP contribution in [0.5, 0.6) is 11.5 Å². The molecule has 0 saturated heterocycles. The van der Waals surface area contributed by atoms with Crippen LogP contribution in [-0.4, -0.2) is 30.3 Å². The second-order valence-electron chi connectivity index (χ2n) is 6.38. The molecule has 0 fully saturated rings. The summed E-state index contributed by atoms with van der Waals surface area (Å²) in [5, 5.41) is 9.51. The summed E-state index contributed by atoms with van der Waals surface area (Å²) in [6.07, 6.45) is 1.26. The predicted molar refractivity (Wildman–Crippen MR) is 90.0 cm³/mol. The number of ether oxygens (including phenoxy) is 2. The van der Waals surface area contributed by atoms with E-state index in [0.29, 0.717) is 36.3 Å². The van der Waals surface area contributed by atoms with Crippen LogP contribution in [0, 0.1) is 5.92 Å². The lowest BCUT2D eigenvalue weighted by molar-refractivity contribution is -0.125. The highest BCUT2D eigenvalue weighted by atomic mass is 16.5. The van der Waals surface area contributed by atoms with Crippen LogP contribution < -0.4 is 14.4 Å². The fraction of sp³-hybridized carbons (Fsp3) is 0.611. The summed E-state index contributed by atoms with van der Waals surface area (Å²) < 4.78 is 11.6. The highest BCUT2D eigenvalue weighted by molar-refractivity contribution is 6.00. The van der Waals surface area contributed by atoms with Crippen molar-refractivity contribution in [3.05, 3.63) is 17.7 Å². The summed E-state index contributed by atoms with van der Waals surface area (Å²) in [6, 6.07) is 3.61. The first-order valence-electron chi connectivity index (χ1n) is 8.36. The number of fused-ring (bicyclic) bond motifs is 1. The summed E-state index contributed by atoms with van der Waals surface area (Å²) in [5.41, 5.74) is 1.42. The summed E-state index contributed by atoms with van der Waals surface area (Å²) >= 11 is 0. The SMILES string of the molecule is CCCOc1cc(CO)cc2c1OC(C)C(=O)N2CCC(C)C. The van der Waals surface area contributed by atoms with E-state index in [4.69, 9.17) is 9.47 Å². The number of carbonyl (C=O) groups is 1. The Bertz CT molecular complexity index is 556. The molecule has 1 aliphatic rings. The lowest BCUT2D eigenvalue weighted by Gasteiger charge is -2.34. The van der Waals surface area contributed by atoms with Gasteiger partial charge in [-0.05, 0) is 43.4 Å². The van der Waals surface area contributed by atoms with Crippen LogP contribution in [0.3, 0.4) is 0 Å². The average molecular weight is 321 g/mol. The fourth-order valence-electron chi connectivity index (χ4n) is 2.56. The van der Waals surface area contributed by atoms with Crippen LogP contribution in [0.1, 0.15) is 46.1 Å². The van der Waals surface area contributed by atoms with Gasteiger partial charge in [0, 0.05) is 6.54 Å². The number of aliphatic hydroxyl groups is 1. The molecule has 1 aromatic rings. The van der Waals surface area contributed by atoms with Gasteiger partial charge in [0.15, 0.2) is 17.6 Å². The van der Waals surface area contributed by atoms with Crippen molar-refractivity contribution in [1.29, 1.82) is 0 Å². The Hall–Kier alpha value is -1.75. The Morgan fingerprint density at radius 1 is 1.39 bits per heavy atom. The average Bonchev–Trinajstić information content (AvgIpc) is 2.53. The van der Waals surface area contributed by atoms with Gasteiger partial charge in [-0.3, -0.25) is 4.79 Å². The van der Waals surface area contributed by atoms with Crippen LogP contribution in [0.25, 0.3) is 0 Å². The van der Waals surface area contributed by atoms with Crippen LogP contribution in [0.4, 0.5) is 5.69 Å². The van der Waals surface area contributed by atoms with E-state index in [1.54, 1.807) is 17.9 Å². The molecule has 0 radical (unpaired) electrons. The number of aliphatic hydroxyl groups excluding tert-OH is 1. The maximum absolute atomic E-state index is 12.5. The first kappa shape index (κ1) is 17.6. The molecule has 0 bridgehead atoms. The molecule has 2 rings (SSSR count).